The van der Waals surface area contributed by atoms with Crippen LogP contribution in [0.4, 0.5) is 5.69 Å². The van der Waals surface area contributed by atoms with Crippen LogP contribution in [0.25, 0.3) is 22.4 Å². The van der Waals surface area contributed by atoms with Gasteiger partial charge in [0.05, 0.1) is 11.0 Å². The van der Waals surface area contributed by atoms with Gasteiger partial charge in [-0.15, -0.1) is 0 Å². The Balaban J connectivity index is 2.19. The number of nitrogens with zero attached hydrogens (tertiary/aromatic N) is 2. The van der Waals surface area contributed by atoms with Crippen molar-refractivity contribution >= 4 is 16.7 Å². The van der Waals surface area contributed by atoms with E-state index in [0.29, 0.717) is 0 Å². The maximum atomic E-state index is 5.76. The molecule has 0 fully saturated rings. The number of nitrogens with one attached hydrogen (secondary N) is 1. The summed E-state index contributed by atoms with van der Waals surface area (Å²) in [7, 11) is 0. The third kappa shape index (κ3) is 1.72. The molecule has 4 nitrogen and oxygen atoms in total. The summed E-state index contributed by atoms with van der Waals surface area (Å²) in [5.74, 6) is 0.834. The molecule has 0 unspecified atom stereocenters. The van der Waals surface area contributed by atoms with Crippen LogP contribution in [-0.4, -0.2) is 15.0 Å². The lowest BCUT2D eigenvalue weighted by Gasteiger charge is -2.02. The molecule has 0 saturated carbocycles. The Morgan fingerprint density at radius 1 is 1.06 bits per heavy atom. The summed E-state index contributed by atoms with van der Waals surface area (Å²) in [5.41, 5.74) is 11.4. The Morgan fingerprint density at radius 3 is 2.67 bits per heavy atom. The minimum Gasteiger partial charge on any atom is -0.399 e. The van der Waals surface area contributed by atoms with Crippen LogP contribution < -0.4 is 5.73 Å². The van der Waals surface area contributed by atoms with Gasteiger partial charge in [-0.05, 0) is 44.2 Å². The van der Waals surface area contributed by atoms with Crippen LogP contribution in [-0.2, 0) is 0 Å². The highest BCUT2D eigenvalue weighted by atomic mass is 14.9. The van der Waals surface area contributed by atoms with Gasteiger partial charge in [-0.3, -0.25) is 4.98 Å². The number of H-pyrrole nitrogens is 1. The number of rotatable bonds is 1. The number of benzene rings is 1. The minimum absolute atomic E-state index is 0.733. The molecule has 3 N–H and O–H groups in total. The number of imidazole rings is 1. The normalized spacial score (nSPS) is 11.0. The van der Waals surface area contributed by atoms with Crippen LogP contribution in [0.1, 0.15) is 11.4 Å². The van der Waals surface area contributed by atoms with E-state index in [-0.39, 0.29) is 0 Å². The van der Waals surface area contributed by atoms with Crippen LogP contribution in [0.15, 0.2) is 30.3 Å². The highest BCUT2D eigenvalue weighted by Gasteiger charge is 2.08. The van der Waals surface area contributed by atoms with E-state index in [9.17, 15) is 0 Å². The van der Waals surface area contributed by atoms with Crippen LogP contribution in [0.2, 0.25) is 0 Å². The fraction of sp³-hybridized carbons (Fsp3) is 0.143. The molecule has 0 amide bonds. The third-order valence-corrected chi connectivity index (χ3v) is 2.99. The number of aromatic nitrogens is 3. The Bertz CT molecular complexity index is 728. The SMILES string of the molecule is Cc1ccc(-c2nc3ccc(N)cc3[nH]2)c(C)n1. The van der Waals surface area contributed by atoms with E-state index in [0.717, 1.165) is 39.5 Å². The van der Waals surface area contributed by atoms with E-state index in [2.05, 4.69) is 15.0 Å². The zero-order chi connectivity index (χ0) is 12.7. The predicted molar refractivity (Wildman–Crippen MR) is 73.2 cm³/mol. The van der Waals surface area contributed by atoms with E-state index in [1.807, 2.05) is 44.2 Å². The molecule has 0 bridgehead atoms. The Morgan fingerprint density at radius 2 is 1.89 bits per heavy atom. The molecule has 3 aromatic rings. The number of aryl methyl sites for hydroxylation is 2. The van der Waals surface area contributed by atoms with Crippen LogP contribution in [0, 0.1) is 13.8 Å². The van der Waals surface area contributed by atoms with Gasteiger partial charge in [0.15, 0.2) is 0 Å². The van der Waals surface area contributed by atoms with Crippen LogP contribution in [0.3, 0.4) is 0 Å². The summed E-state index contributed by atoms with van der Waals surface area (Å²) < 4.78 is 0. The van der Waals surface area contributed by atoms with Gasteiger partial charge >= 0.3 is 0 Å². The summed E-state index contributed by atoms with van der Waals surface area (Å²) in [5, 5.41) is 0. The Labute approximate surface area is 105 Å². The molecule has 18 heavy (non-hydrogen) atoms. The summed E-state index contributed by atoms with van der Waals surface area (Å²) >= 11 is 0. The standard InChI is InChI=1S/C14H14N4/c1-8-3-5-11(9(2)16-8)14-17-12-6-4-10(15)7-13(12)18-14/h3-7H,15H2,1-2H3,(H,17,18). The van der Waals surface area contributed by atoms with Gasteiger partial charge in [-0.25, -0.2) is 4.98 Å². The first-order valence-electron chi connectivity index (χ1n) is 5.83. The number of aromatic amines is 1. The van der Waals surface area contributed by atoms with Gasteiger partial charge in [0, 0.05) is 22.6 Å². The number of anilines is 1. The van der Waals surface area contributed by atoms with Gasteiger partial charge in [0.2, 0.25) is 0 Å². The van der Waals surface area contributed by atoms with Crippen molar-refractivity contribution in [2.45, 2.75) is 13.8 Å². The molecule has 1 aromatic carbocycles. The molecule has 4 heteroatoms. The van der Waals surface area contributed by atoms with Crippen LogP contribution >= 0.6 is 0 Å². The summed E-state index contributed by atoms with van der Waals surface area (Å²) in [6.45, 7) is 3.97. The largest absolute Gasteiger partial charge is 0.399 e. The van der Waals surface area contributed by atoms with Crippen molar-refractivity contribution in [3.8, 4) is 11.4 Å². The van der Waals surface area contributed by atoms with Gasteiger partial charge < -0.3 is 10.7 Å². The molecule has 3 rings (SSSR count). The lowest BCUT2D eigenvalue weighted by atomic mass is 10.2. The summed E-state index contributed by atoms with van der Waals surface area (Å²) in [6, 6.07) is 9.69. The second-order valence-electron chi connectivity index (χ2n) is 4.45. The molecule has 0 aliphatic heterocycles. The van der Waals surface area contributed by atoms with Crippen molar-refractivity contribution < 1.29 is 0 Å². The van der Waals surface area contributed by atoms with Crippen molar-refractivity contribution in [3.05, 3.63) is 41.7 Å². The average molecular weight is 238 g/mol. The fourth-order valence-corrected chi connectivity index (χ4v) is 2.09. The highest BCUT2D eigenvalue weighted by molar-refractivity contribution is 5.82. The molecular formula is C14H14N4. The Kier molecular flexibility index (Phi) is 2.30. The van der Waals surface area contributed by atoms with E-state index in [1.165, 1.54) is 0 Å². The zero-order valence-electron chi connectivity index (χ0n) is 10.4. The molecule has 0 saturated heterocycles. The predicted octanol–water partition coefficient (Wildman–Crippen LogP) is 2.82. The average Bonchev–Trinajstić information content (AvgIpc) is 2.71. The fourth-order valence-electron chi connectivity index (χ4n) is 2.09. The summed E-state index contributed by atoms with van der Waals surface area (Å²) in [4.78, 5) is 12.3. The maximum absolute atomic E-state index is 5.76. The quantitative estimate of drug-likeness (QED) is 0.640. The van der Waals surface area contributed by atoms with Crippen molar-refractivity contribution in [3.63, 3.8) is 0 Å². The molecule has 2 heterocycles. The second-order valence-corrected chi connectivity index (χ2v) is 4.45. The molecule has 0 atom stereocenters. The van der Waals surface area contributed by atoms with Gasteiger partial charge in [0.25, 0.3) is 0 Å². The highest BCUT2D eigenvalue weighted by Crippen LogP contribution is 2.23. The third-order valence-electron chi connectivity index (χ3n) is 2.99. The van der Waals surface area contributed by atoms with Gasteiger partial charge in [0.1, 0.15) is 5.82 Å². The number of fused-ring (bicyclic) bond motifs is 1. The molecule has 0 radical (unpaired) electrons. The second kappa shape index (κ2) is 3.84. The Hall–Kier alpha value is -2.36. The molecule has 0 spiro atoms. The first-order valence-corrected chi connectivity index (χ1v) is 5.83. The van der Waals surface area contributed by atoms with Crippen LogP contribution in [0.5, 0.6) is 0 Å². The number of nitrogen functional groups attached to an aromatic ring is 1. The first kappa shape index (κ1) is 10.8. The van der Waals surface area contributed by atoms with E-state index in [1.54, 1.807) is 0 Å². The maximum Gasteiger partial charge on any atom is 0.140 e. The minimum atomic E-state index is 0.733. The van der Waals surface area contributed by atoms with E-state index in [4.69, 9.17) is 5.73 Å². The lowest BCUT2D eigenvalue weighted by molar-refractivity contribution is 1.11. The van der Waals surface area contributed by atoms with Gasteiger partial charge in [-0.1, -0.05) is 0 Å². The lowest BCUT2D eigenvalue weighted by Crippen LogP contribution is -1.91. The topological polar surface area (TPSA) is 67.6 Å². The van der Waals surface area contributed by atoms with Crippen molar-refractivity contribution in [1.29, 1.82) is 0 Å². The number of pyridine rings is 1. The number of hydrogen-bond donors (Lipinski definition) is 2. The molecule has 0 aliphatic carbocycles. The first-order chi connectivity index (χ1) is 8.63. The van der Waals surface area contributed by atoms with Crippen molar-refractivity contribution in [2.75, 3.05) is 5.73 Å². The number of hydrogen-bond acceptors (Lipinski definition) is 3. The molecular weight excluding hydrogens is 224 g/mol. The smallest absolute Gasteiger partial charge is 0.140 e. The number of nitrogens with two attached hydrogens (primary N) is 1. The summed E-state index contributed by atoms with van der Waals surface area (Å²) in [6.07, 6.45) is 0. The molecule has 90 valence electrons. The monoisotopic (exact) mass is 238 g/mol. The van der Waals surface area contributed by atoms with Gasteiger partial charge in [-0.2, -0.15) is 0 Å². The molecule has 0 aliphatic rings. The molecule has 2 aromatic heterocycles. The van der Waals surface area contributed by atoms with Crippen molar-refractivity contribution in [1.82, 2.24) is 15.0 Å². The van der Waals surface area contributed by atoms with E-state index < -0.39 is 0 Å². The zero-order valence-corrected chi connectivity index (χ0v) is 10.4. The van der Waals surface area contributed by atoms with E-state index >= 15 is 0 Å². The van der Waals surface area contributed by atoms with Crippen molar-refractivity contribution in [2.24, 2.45) is 0 Å².